The smallest absolute Gasteiger partial charge is 0.228 e. The summed E-state index contributed by atoms with van der Waals surface area (Å²) in [5, 5.41) is 5.75. The molecular formula is C33H48BrClN2O2S. The van der Waals surface area contributed by atoms with E-state index in [9.17, 15) is 4.79 Å². The normalized spacial score (nSPS) is 12.7. The summed E-state index contributed by atoms with van der Waals surface area (Å²) in [6, 6.07) is 13.7. The average molecular weight is 652 g/mol. The number of nitrogens with one attached hydrogen (secondary N) is 1. The van der Waals surface area contributed by atoms with E-state index in [4.69, 9.17) is 16.3 Å². The lowest BCUT2D eigenvalue weighted by atomic mass is 10.1. The van der Waals surface area contributed by atoms with Crippen LogP contribution in [0.1, 0.15) is 102 Å². The molecule has 0 aromatic heterocycles. The van der Waals surface area contributed by atoms with Crippen LogP contribution in [-0.4, -0.2) is 23.3 Å². The first-order valence-electron chi connectivity index (χ1n) is 14.9. The predicted molar refractivity (Wildman–Crippen MR) is 179 cm³/mol. The van der Waals surface area contributed by atoms with Gasteiger partial charge in [0, 0.05) is 17.9 Å². The number of hydrogen-bond acceptors (Lipinski definition) is 4. The van der Waals surface area contributed by atoms with Crippen LogP contribution in [0.3, 0.4) is 0 Å². The molecule has 0 unspecified atom stereocenters. The quantitative estimate of drug-likeness (QED) is 0.154. The second-order valence-electron chi connectivity index (χ2n) is 10.7. The number of unbranched alkanes of at least 4 members (excludes halogenated alkanes) is 11. The molecule has 0 aliphatic carbocycles. The van der Waals surface area contributed by atoms with E-state index >= 15 is 0 Å². The number of ether oxygens (including phenoxy) is 1. The Hall–Kier alpha value is -1.63. The fraction of sp³-hybridized carbons (Fsp3) is 0.545. The number of thioether (sulfide) groups is 1. The Labute approximate surface area is 262 Å². The first-order valence-corrected chi connectivity index (χ1v) is 16.3. The van der Waals surface area contributed by atoms with Crippen molar-refractivity contribution in [3.8, 4) is 5.75 Å². The Bertz CT molecular complexity index is 1030. The van der Waals surface area contributed by atoms with Crippen molar-refractivity contribution in [2.24, 2.45) is 0 Å². The van der Waals surface area contributed by atoms with Crippen molar-refractivity contribution in [1.29, 1.82) is 0 Å². The number of carbonyl (C=O) groups excluding carboxylic acids is 1. The summed E-state index contributed by atoms with van der Waals surface area (Å²) in [7, 11) is 0. The number of amides is 1. The van der Waals surface area contributed by atoms with Crippen LogP contribution in [0.2, 0.25) is 5.02 Å². The van der Waals surface area contributed by atoms with Crippen LogP contribution in [-0.2, 0) is 17.8 Å². The van der Waals surface area contributed by atoms with Crippen molar-refractivity contribution in [3.63, 3.8) is 0 Å². The Morgan fingerprint density at radius 3 is 2.08 bits per heavy atom. The first kappa shape index (κ1) is 34.6. The van der Waals surface area contributed by atoms with Gasteiger partial charge in [0.15, 0.2) is 0 Å². The molecular weight excluding hydrogens is 604 g/mol. The molecule has 1 heterocycles. The van der Waals surface area contributed by atoms with Crippen molar-refractivity contribution >= 4 is 51.9 Å². The molecule has 3 rings (SSSR count). The van der Waals surface area contributed by atoms with Crippen LogP contribution >= 0.6 is 40.3 Å². The van der Waals surface area contributed by atoms with Gasteiger partial charge in [0.25, 0.3) is 0 Å². The third-order valence-corrected chi connectivity index (χ3v) is 8.47. The zero-order valence-electron chi connectivity index (χ0n) is 24.4. The van der Waals surface area contributed by atoms with Gasteiger partial charge in [0.2, 0.25) is 5.91 Å². The van der Waals surface area contributed by atoms with E-state index in [1.807, 2.05) is 42.1 Å². The number of anilines is 1. The maximum Gasteiger partial charge on any atom is 0.228 e. The fourth-order valence-electron chi connectivity index (χ4n) is 4.80. The molecule has 2 aromatic carbocycles. The highest BCUT2D eigenvalue weighted by Crippen LogP contribution is 2.27. The molecule has 1 N–H and O–H groups in total. The lowest BCUT2D eigenvalue weighted by Crippen LogP contribution is -2.17. The molecule has 7 heteroatoms. The lowest BCUT2D eigenvalue weighted by Gasteiger charge is -2.19. The van der Waals surface area contributed by atoms with Gasteiger partial charge < -0.3 is 15.0 Å². The van der Waals surface area contributed by atoms with Crippen LogP contribution in [0.15, 0.2) is 53.6 Å². The van der Waals surface area contributed by atoms with Crippen LogP contribution in [0.4, 0.5) is 5.69 Å². The first-order chi connectivity index (χ1) is 19.0. The molecule has 0 saturated heterocycles. The molecule has 1 aliphatic rings. The van der Waals surface area contributed by atoms with Crippen LogP contribution in [0.5, 0.6) is 5.75 Å². The third-order valence-electron chi connectivity index (χ3n) is 7.21. The minimum absolute atomic E-state index is 0. The molecule has 1 amide bonds. The molecule has 0 radical (unpaired) electrons. The van der Waals surface area contributed by atoms with E-state index < -0.39 is 0 Å². The predicted octanol–water partition coefficient (Wildman–Crippen LogP) is 10.5. The molecule has 40 heavy (non-hydrogen) atoms. The van der Waals surface area contributed by atoms with Gasteiger partial charge in [0.1, 0.15) is 5.75 Å². The Morgan fingerprint density at radius 1 is 0.900 bits per heavy atom. The van der Waals surface area contributed by atoms with Gasteiger partial charge in [0.05, 0.1) is 23.9 Å². The van der Waals surface area contributed by atoms with Gasteiger partial charge in [-0.25, -0.2) is 0 Å². The lowest BCUT2D eigenvalue weighted by molar-refractivity contribution is -0.115. The minimum atomic E-state index is -0.0568. The Balaban J connectivity index is 0.00000560. The number of rotatable bonds is 19. The van der Waals surface area contributed by atoms with Crippen molar-refractivity contribution in [3.05, 3.63) is 69.7 Å². The van der Waals surface area contributed by atoms with E-state index in [1.165, 1.54) is 81.9 Å². The molecule has 0 bridgehead atoms. The number of halogens is 2. The Morgan fingerprint density at radius 2 is 1.50 bits per heavy atom. The monoisotopic (exact) mass is 650 g/mol. The third kappa shape index (κ3) is 13.4. The van der Waals surface area contributed by atoms with Gasteiger partial charge >= 0.3 is 0 Å². The van der Waals surface area contributed by atoms with E-state index in [1.54, 1.807) is 0 Å². The summed E-state index contributed by atoms with van der Waals surface area (Å²) in [6.45, 7) is 5.97. The van der Waals surface area contributed by atoms with Gasteiger partial charge in [-0.2, -0.15) is 0 Å². The molecule has 0 fully saturated rings. The van der Waals surface area contributed by atoms with Crippen molar-refractivity contribution < 1.29 is 9.53 Å². The summed E-state index contributed by atoms with van der Waals surface area (Å²) in [4.78, 5) is 14.9. The summed E-state index contributed by atoms with van der Waals surface area (Å²) in [6.07, 6.45) is 16.2. The van der Waals surface area contributed by atoms with Gasteiger partial charge in [-0.3, -0.25) is 4.79 Å². The summed E-state index contributed by atoms with van der Waals surface area (Å²) < 4.78 is 5.91. The average Bonchev–Trinajstić information content (AvgIpc) is 3.33. The van der Waals surface area contributed by atoms with Crippen molar-refractivity contribution in [2.75, 3.05) is 17.8 Å². The molecule has 0 atom stereocenters. The second kappa shape index (κ2) is 20.3. The van der Waals surface area contributed by atoms with Crippen LogP contribution in [0, 0.1) is 0 Å². The second-order valence-corrected chi connectivity index (χ2v) is 11.9. The maximum absolute atomic E-state index is 12.6. The van der Waals surface area contributed by atoms with Crippen LogP contribution in [0.25, 0.3) is 0 Å². The van der Waals surface area contributed by atoms with Crippen molar-refractivity contribution in [2.45, 2.75) is 104 Å². The number of hydrogen-bond donors (Lipinski definition) is 1. The standard InChI is InChI=1S/C33H47ClN2O2S.BrH/c1-3-4-5-6-7-8-9-10-11-12-13-14-21-38-32-20-17-29(22-31(32)34)23-33(37)35-30-18-15-28(16-19-30)24-36-26-39-25-27(36)2;/h15-20,22,25H,3-14,21,23-24,26H2,1-2H3,(H,35,37);1H. The fourth-order valence-corrected chi connectivity index (χ4v) is 5.99. The summed E-state index contributed by atoms with van der Waals surface area (Å²) >= 11 is 8.28. The van der Waals surface area contributed by atoms with E-state index in [0.29, 0.717) is 17.4 Å². The minimum Gasteiger partial charge on any atom is -0.492 e. The van der Waals surface area contributed by atoms with Crippen LogP contribution < -0.4 is 10.1 Å². The molecule has 0 spiro atoms. The summed E-state index contributed by atoms with van der Waals surface area (Å²) in [5.74, 6) is 1.63. The number of allylic oxidation sites excluding steroid dienone is 1. The zero-order chi connectivity index (χ0) is 27.7. The van der Waals surface area contributed by atoms with Gasteiger partial charge in [-0.05, 0) is 54.1 Å². The topological polar surface area (TPSA) is 41.6 Å². The highest BCUT2D eigenvalue weighted by atomic mass is 79.9. The Kier molecular flexibility index (Phi) is 17.5. The number of carbonyl (C=O) groups is 1. The van der Waals surface area contributed by atoms with E-state index in [-0.39, 0.29) is 29.3 Å². The van der Waals surface area contributed by atoms with Crippen molar-refractivity contribution in [1.82, 2.24) is 4.90 Å². The maximum atomic E-state index is 12.6. The number of benzene rings is 2. The SMILES string of the molecule is Br.CCCCCCCCCCCCCCOc1ccc(CC(=O)Nc2ccc(CN3CSC=C3C)cc2)cc1Cl. The number of nitrogens with zero attached hydrogens (tertiary/aromatic N) is 1. The molecule has 1 aliphatic heterocycles. The van der Waals surface area contributed by atoms with E-state index in [0.717, 1.165) is 30.1 Å². The molecule has 0 saturated carbocycles. The molecule has 2 aromatic rings. The largest absolute Gasteiger partial charge is 0.492 e. The van der Waals surface area contributed by atoms with Gasteiger partial charge in [-0.15, -0.1) is 28.7 Å². The van der Waals surface area contributed by atoms with E-state index in [2.05, 4.69) is 41.6 Å². The van der Waals surface area contributed by atoms with Gasteiger partial charge in [-0.1, -0.05) is 107 Å². The highest BCUT2D eigenvalue weighted by molar-refractivity contribution is 8.93. The zero-order valence-corrected chi connectivity index (χ0v) is 27.7. The molecule has 222 valence electrons. The molecule has 4 nitrogen and oxygen atoms in total. The highest BCUT2D eigenvalue weighted by Gasteiger charge is 2.12. The summed E-state index contributed by atoms with van der Waals surface area (Å²) in [5.41, 5.74) is 4.21.